The number of sulfonamides is 1. The van der Waals surface area contributed by atoms with E-state index in [4.69, 9.17) is 5.21 Å². The van der Waals surface area contributed by atoms with E-state index in [1.807, 2.05) is 6.92 Å². The lowest BCUT2D eigenvalue weighted by molar-refractivity contribution is 0.242. The second-order valence-electron chi connectivity index (χ2n) is 6.13. The molecule has 0 aliphatic rings. The van der Waals surface area contributed by atoms with Crippen molar-refractivity contribution in [3.63, 3.8) is 0 Å². The Balaban J connectivity index is 2.16. The van der Waals surface area contributed by atoms with Crippen LogP contribution in [0.5, 0.6) is 0 Å². The standard InChI is InChI=1S/C21H17F2NO3S/c1-14(15-6-12-20(13-7-15)28(26,27)24-25)21(16-2-8-18(22)9-3-16)17-4-10-19(23)11-5-17/h2-13,24-25H,1H3. The van der Waals surface area contributed by atoms with Gasteiger partial charge in [-0.15, -0.1) is 0 Å². The van der Waals surface area contributed by atoms with Gasteiger partial charge in [-0.25, -0.2) is 17.2 Å². The molecule has 0 aliphatic heterocycles. The van der Waals surface area contributed by atoms with E-state index in [9.17, 15) is 17.2 Å². The van der Waals surface area contributed by atoms with Crippen LogP contribution in [0, 0.1) is 11.6 Å². The Morgan fingerprint density at radius 1 is 0.750 bits per heavy atom. The molecule has 0 aliphatic carbocycles. The van der Waals surface area contributed by atoms with Crippen LogP contribution in [0.2, 0.25) is 0 Å². The summed E-state index contributed by atoms with van der Waals surface area (Å²) in [5.74, 6) is -0.739. The van der Waals surface area contributed by atoms with Gasteiger partial charge in [0.1, 0.15) is 11.6 Å². The fourth-order valence-corrected chi connectivity index (χ4v) is 3.51. The Morgan fingerprint density at radius 2 is 1.14 bits per heavy atom. The molecule has 3 aromatic carbocycles. The maximum atomic E-state index is 13.4. The Labute approximate surface area is 161 Å². The van der Waals surface area contributed by atoms with E-state index in [1.54, 1.807) is 36.4 Å². The smallest absolute Gasteiger partial charge is 0.262 e. The molecule has 0 fully saturated rings. The molecule has 0 bridgehead atoms. The van der Waals surface area contributed by atoms with Gasteiger partial charge in [-0.05, 0) is 71.2 Å². The van der Waals surface area contributed by atoms with Gasteiger partial charge in [0.05, 0.1) is 4.90 Å². The topological polar surface area (TPSA) is 66.4 Å². The van der Waals surface area contributed by atoms with Crippen molar-refractivity contribution in [2.75, 3.05) is 0 Å². The van der Waals surface area contributed by atoms with Crippen LogP contribution < -0.4 is 4.89 Å². The highest BCUT2D eigenvalue weighted by molar-refractivity contribution is 7.89. The minimum absolute atomic E-state index is 0.0864. The second kappa shape index (κ2) is 8.02. The molecule has 0 aromatic heterocycles. The van der Waals surface area contributed by atoms with Crippen molar-refractivity contribution in [1.29, 1.82) is 0 Å². The maximum absolute atomic E-state index is 13.4. The second-order valence-corrected chi connectivity index (χ2v) is 7.79. The number of benzene rings is 3. The quantitative estimate of drug-likeness (QED) is 0.485. The number of rotatable bonds is 5. The number of hydrogen-bond donors (Lipinski definition) is 2. The first-order chi connectivity index (χ1) is 13.3. The lowest BCUT2D eigenvalue weighted by Crippen LogP contribution is -2.19. The van der Waals surface area contributed by atoms with Gasteiger partial charge < -0.3 is 5.21 Å². The fraction of sp³-hybridized carbons (Fsp3) is 0.0476. The molecule has 3 aromatic rings. The van der Waals surface area contributed by atoms with Gasteiger partial charge in [0, 0.05) is 0 Å². The van der Waals surface area contributed by atoms with Crippen molar-refractivity contribution >= 4 is 21.2 Å². The largest absolute Gasteiger partial charge is 0.302 e. The molecule has 0 atom stereocenters. The van der Waals surface area contributed by atoms with Crippen LogP contribution in [-0.4, -0.2) is 13.6 Å². The van der Waals surface area contributed by atoms with Crippen LogP contribution >= 0.6 is 0 Å². The molecule has 0 heterocycles. The number of halogens is 2. The summed E-state index contributed by atoms with van der Waals surface area (Å²) >= 11 is 0. The Morgan fingerprint density at radius 3 is 1.54 bits per heavy atom. The summed E-state index contributed by atoms with van der Waals surface area (Å²) in [6.45, 7) is 1.84. The maximum Gasteiger partial charge on any atom is 0.262 e. The van der Waals surface area contributed by atoms with Crippen molar-refractivity contribution in [2.24, 2.45) is 0 Å². The molecule has 0 radical (unpaired) electrons. The van der Waals surface area contributed by atoms with Crippen LogP contribution in [0.3, 0.4) is 0 Å². The predicted octanol–water partition coefficient (Wildman–Crippen LogP) is 4.61. The third-order valence-corrected chi connectivity index (χ3v) is 5.49. The summed E-state index contributed by atoms with van der Waals surface area (Å²) in [6.07, 6.45) is 0. The van der Waals surface area contributed by atoms with Gasteiger partial charge in [-0.3, -0.25) is 0 Å². The molecule has 144 valence electrons. The first-order valence-electron chi connectivity index (χ1n) is 8.31. The third kappa shape index (κ3) is 4.17. The molecule has 0 saturated heterocycles. The summed E-state index contributed by atoms with van der Waals surface area (Å²) in [7, 11) is -3.97. The predicted molar refractivity (Wildman–Crippen MR) is 103 cm³/mol. The van der Waals surface area contributed by atoms with Gasteiger partial charge >= 0.3 is 0 Å². The minimum Gasteiger partial charge on any atom is -0.302 e. The van der Waals surface area contributed by atoms with Gasteiger partial charge in [0.25, 0.3) is 10.0 Å². The van der Waals surface area contributed by atoms with Crippen molar-refractivity contribution in [3.8, 4) is 0 Å². The van der Waals surface area contributed by atoms with Crippen LogP contribution in [-0.2, 0) is 10.0 Å². The van der Waals surface area contributed by atoms with E-state index in [0.717, 1.165) is 27.8 Å². The highest BCUT2D eigenvalue weighted by Gasteiger charge is 2.14. The van der Waals surface area contributed by atoms with Crippen molar-refractivity contribution in [3.05, 3.63) is 101 Å². The molecule has 0 spiro atoms. The van der Waals surface area contributed by atoms with Crippen LogP contribution in [0.15, 0.2) is 77.7 Å². The van der Waals surface area contributed by atoms with E-state index in [2.05, 4.69) is 0 Å². The van der Waals surface area contributed by atoms with Crippen molar-refractivity contribution in [1.82, 2.24) is 4.89 Å². The average Bonchev–Trinajstić information content (AvgIpc) is 2.71. The van der Waals surface area contributed by atoms with E-state index in [-0.39, 0.29) is 16.5 Å². The monoisotopic (exact) mass is 401 g/mol. The van der Waals surface area contributed by atoms with Crippen LogP contribution in [0.4, 0.5) is 8.78 Å². The molecule has 28 heavy (non-hydrogen) atoms. The zero-order valence-corrected chi connectivity index (χ0v) is 15.7. The normalized spacial score (nSPS) is 11.3. The summed E-state index contributed by atoms with van der Waals surface area (Å²) in [6, 6.07) is 17.8. The Hall–Kier alpha value is -2.87. The average molecular weight is 401 g/mol. The minimum atomic E-state index is -3.97. The van der Waals surface area contributed by atoms with Crippen LogP contribution in [0.1, 0.15) is 23.6 Å². The Kier molecular flexibility index (Phi) is 5.69. The molecule has 0 unspecified atom stereocenters. The van der Waals surface area contributed by atoms with Crippen molar-refractivity contribution in [2.45, 2.75) is 11.8 Å². The summed E-state index contributed by atoms with van der Waals surface area (Å²) in [4.78, 5) is 1.19. The molecule has 2 N–H and O–H groups in total. The Bertz CT molecular complexity index is 1060. The molecule has 4 nitrogen and oxygen atoms in total. The SMILES string of the molecule is CC(=C(c1ccc(F)cc1)c1ccc(F)cc1)c1ccc(S(=O)(=O)NO)cc1. The summed E-state index contributed by atoms with van der Waals surface area (Å²) in [5.41, 5.74) is 3.74. The highest BCUT2D eigenvalue weighted by Crippen LogP contribution is 2.32. The summed E-state index contributed by atoms with van der Waals surface area (Å²) in [5, 5.41) is 8.75. The molecular weight excluding hydrogens is 384 g/mol. The van der Waals surface area contributed by atoms with E-state index < -0.39 is 10.0 Å². The first kappa shape index (κ1) is 19.9. The van der Waals surface area contributed by atoms with E-state index >= 15 is 0 Å². The number of nitrogens with one attached hydrogen (secondary N) is 1. The van der Waals surface area contributed by atoms with E-state index in [0.29, 0.717) is 0 Å². The van der Waals surface area contributed by atoms with Gasteiger partial charge in [0.2, 0.25) is 0 Å². The lowest BCUT2D eigenvalue weighted by Gasteiger charge is -2.15. The van der Waals surface area contributed by atoms with Gasteiger partial charge in [-0.1, -0.05) is 41.3 Å². The van der Waals surface area contributed by atoms with Crippen LogP contribution in [0.25, 0.3) is 11.1 Å². The van der Waals surface area contributed by atoms with Crippen molar-refractivity contribution < 1.29 is 22.4 Å². The van der Waals surface area contributed by atoms with E-state index in [1.165, 1.54) is 41.3 Å². The molecule has 7 heteroatoms. The molecule has 0 amide bonds. The number of allylic oxidation sites excluding steroid dienone is 1. The zero-order chi connectivity index (χ0) is 20.3. The number of hydrogen-bond acceptors (Lipinski definition) is 3. The third-order valence-electron chi connectivity index (χ3n) is 4.36. The molecular formula is C21H17F2NO3S. The van der Waals surface area contributed by atoms with Gasteiger partial charge in [0.15, 0.2) is 0 Å². The molecule has 3 rings (SSSR count). The highest BCUT2D eigenvalue weighted by atomic mass is 32.2. The first-order valence-corrected chi connectivity index (χ1v) is 9.79. The van der Waals surface area contributed by atoms with Gasteiger partial charge in [-0.2, -0.15) is 0 Å². The lowest BCUT2D eigenvalue weighted by atomic mass is 9.90. The fourth-order valence-electron chi connectivity index (χ4n) is 2.91. The molecule has 0 saturated carbocycles. The zero-order valence-electron chi connectivity index (χ0n) is 14.9. The summed E-state index contributed by atoms with van der Waals surface area (Å²) < 4.78 is 50.1.